The SMILES string of the molecule is Cc1cc(C(=N)N)ccc1Sc1cnn(C)c1. The summed E-state index contributed by atoms with van der Waals surface area (Å²) < 4.78 is 1.78. The van der Waals surface area contributed by atoms with Gasteiger partial charge in [0.15, 0.2) is 0 Å². The second kappa shape index (κ2) is 4.63. The fraction of sp³-hybridized carbons (Fsp3) is 0.167. The Morgan fingerprint density at radius 1 is 1.47 bits per heavy atom. The first kappa shape index (κ1) is 11.7. The molecule has 0 aliphatic carbocycles. The molecule has 4 nitrogen and oxygen atoms in total. The van der Waals surface area contributed by atoms with Gasteiger partial charge in [-0.1, -0.05) is 17.8 Å². The fourth-order valence-electron chi connectivity index (χ4n) is 1.51. The van der Waals surface area contributed by atoms with E-state index in [1.54, 1.807) is 16.4 Å². The number of aryl methyl sites for hydroxylation is 2. The van der Waals surface area contributed by atoms with Crippen molar-refractivity contribution in [1.29, 1.82) is 5.41 Å². The minimum absolute atomic E-state index is 0.103. The highest BCUT2D eigenvalue weighted by atomic mass is 32.2. The molecule has 3 N–H and O–H groups in total. The summed E-state index contributed by atoms with van der Waals surface area (Å²) in [6.45, 7) is 2.02. The van der Waals surface area contributed by atoms with Crippen LogP contribution in [-0.2, 0) is 7.05 Å². The van der Waals surface area contributed by atoms with Crippen molar-refractivity contribution < 1.29 is 0 Å². The van der Waals surface area contributed by atoms with Gasteiger partial charge in [0.05, 0.1) is 11.1 Å². The van der Waals surface area contributed by atoms with Crippen LogP contribution in [0.1, 0.15) is 11.1 Å². The summed E-state index contributed by atoms with van der Waals surface area (Å²) in [5, 5.41) is 11.5. The third-order valence-corrected chi connectivity index (χ3v) is 3.52. The van der Waals surface area contributed by atoms with Crippen LogP contribution in [-0.4, -0.2) is 15.6 Å². The normalized spacial score (nSPS) is 10.5. The van der Waals surface area contributed by atoms with Crippen molar-refractivity contribution in [2.24, 2.45) is 12.8 Å². The van der Waals surface area contributed by atoms with Crippen LogP contribution in [0.2, 0.25) is 0 Å². The van der Waals surface area contributed by atoms with Crippen LogP contribution in [0.4, 0.5) is 0 Å². The number of hydrogen-bond acceptors (Lipinski definition) is 3. The molecule has 2 aromatic rings. The molecule has 0 fully saturated rings. The number of aromatic nitrogens is 2. The zero-order valence-electron chi connectivity index (χ0n) is 9.77. The number of rotatable bonds is 3. The lowest BCUT2D eigenvalue weighted by Crippen LogP contribution is -2.10. The van der Waals surface area contributed by atoms with E-state index < -0.39 is 0 Å². The maximum absolute atomic E-state index is 7.38. The highest BCUT2D eigenvalue weighted by molar-refractivity contribution is 7.99. The van der Waals surface area contributed by atoms with Crippen LogP contribution in [0.5, 0.6) is 0 Å². The van der Waals surface area contributed by atoms with E-state index in [1.165, 1.54) is 0 Å². The van der Waals surface area contributed by atoms with Crippen molar-refractivity contribution >= 4 is 17.6 Å². The molecule has 0 aliphatic rings. The van der Waals surface area contributed by atoms with Crippen molar-refractivity contribution in [3.05, 3.63) is 41.7 Å². The molecule has 0 aliphatic heterocycles. The number of hydrogen-bond donors (Lipinski definition) is 2. The van der Waals surface area contributed by atoms with Crippen LogP contribution in [0.15, 0.2) is 40.4 Å². The van der Waals surface area contributed by atoms with Crippen LogP contribution in [0.3, 0.4) is 0 Å². The van der Waals surface area contributed by atoms with Gasteiger partial charge in [-0.25, -0.2) is 0 Å². The van der Waals surface area contributed by atoms with Gasteiger partial charge < -0.3 is 5.73 Å². The Hall–Kier alpha value is -1.75. The van der Waals surface area contributed by atoms with Gasteiger partial charge in [0.1, 0.15) is 5.84 Å². The quantitative estimate of drug-likeness (QED) is 0.644. The number of amidine groups is 1. The Kier molecular flexibility index (Phi) is 3.19. The molecule has 0 bridgehead atoms. The van der Waals surface area contributed by atoms with Crippen LogP contribution >= 0.6 is 11.8 Å². The molecule has 0 saturated carbocycles. The smallest absolute Gasteiger partial charge is 0.122 e. The van der Waals surface area contributed by atoms with Gasteiger partial charge in [-0.2, -0.15) is 5.10 Å². The van der Waals surface area contributed by atoms with Crippen molar-refractivity contribution in [3.8, 4) is 0 Å². The number of nitrogens with two attached hydrogens (primary N) is 1. The van der Waals surface area contributed by atoms with Crippen molar-refractivity contribution in [3.63, 3.8) is 0 Å². The lowest BCUT2D eigenvalue weighted by atomic mass is 10.1. The van der Waals surface area contributed by atoms with E-state index in [0.717, 1.165) is 20.9 Å². The maximum Gasteiger partial charge on any atom is 0.122 e. The Morgan fingerprint density at radius 3 is 2.76 bits per heavy atom. The van der Waals surface area contributed by atoms with Crippen LogP contribution in [0, 0.1) is 12.3 Å². The summed E-state index contributed by atoms with van der Waals surface area (Å²) in [6, 6.07) is 5.79. The molecule has 0 amide bonds. The predicted octanol–water partition coefficient (Wildman–Crippen LogP) is 2.16. The number of nitrogen functional groups attached to an aromatic ring is 1. The Labute approximate surface area is 104 Å². The first-order valence-corrected chi connectivity index (χ1v) is 5.99. The average molecular weight is 246 g/mol. The minimum Gasteiger partial charge on any atom is -0.384 e. The van der Waals surface area contributed by atoms with Gasteiger partial charge in [0.25, 0.3) is 0 Å². The third-order valence-electron chi connectivity index (χ3n) is 2.39. The molecule has 1 aromatic heterocycles. The fourth-order valence-corrected chi connectivity index (χ4v) is 2.42. The third kappa shape index (κ3) is 2.68. The second-order valence-corrected chi connectivity index (χ2v) is 4.96. The molecule has 88 valence electrons. The molecule has 1 aromatic carbocycles. The molecular weight excluding hydrogens is 232 g/mol. The summed E-state index contributed by atoms with van der Waals surface area (Å²) >= 11 is 1.66. The second-order valence-electron chi connectivity index (χ2n) is 3.85. The summed E-state index contributed by atoms with van der Waals surface area (Å²) in [4.78, 5) is 2.26. The van der Waals surface area contributed by atoms with Gasteiger partial charge in [0.2, 0.25) is 0 Å². The standard InChI is InChI=1S/C12H14N4S/c1-8-5-9(12(13)14)3-4-11(8)17-10-6-15-16(2)7-10/h3-7H,1-2H3,(H3,13,14). The van der Waals surface area contributed by atoms with Crippen molar-refractivity contribution in [2.45, 2.75) is 16.7 Å². The molecule has 17 heavy (non-hydrogen) atoms. The Balaban J connectivity index is 2.25. The summed E-state index contributed by atoms with van der Waals surface area (Å²) in [5.41, 5.74) is 7.33. The van der Waals surface area contributed by atoms with Gasteiger partial charge in [-0.15, -0.1) is 0 Å². The van der Waals surface area contributed by atoms with Gasteiger partial charge in [-0.05, 0) is 24.6 Å². The first-order valence-electron chi connectivity index (χ1n) is 5.18. The molecule has 0 radical (unpaired) electrons. The van der Waals surface area contributed by atoms with Crippen LogP contribution < -0.4 is 5.73 Å². The van der Waals surface area contributed by atoms with Crippen molar-refractivity contribution in [1.82, 2.24) is 9.78 Å². The minimum atomic E-state index is 0.103. The zero-order valence-corrected chi connectivity index (χ0v) is 10.6. The predicted molar refractivity (Wildman–Crippen MR) is 69.5 cm³/mol. The molecule has 0 saturated heterocycles. The average Bonchev–Trinajstić information content (AvgIpc) is 2.67. The molecular formula is C12H14N4S. The number of nitrogens with zero attached hydrogens (tertiary/aromatic N) is 2. The van der Waals surface area contributed by atoms with Gasteiger partial charge in [-0.3, -0.25) is 10.1 Å². The largest absolute Gasteiger partial charge is 0.384 e. The topological polar surface area (TPSA) is 67.7 Å². The zero-order chi connectivity index (χ0) is 12.4. The van der Waals surface area contributed by atoms with E-state index >= 15 is 0 Å². The lowest BCUT2D eigenvalue weighted by Gasteiger charge is -2.06. The highest BCUT2D eigenvalue weighted by Crippen LogP contribution is 2.30. The molecule has 1 heterocycles. The summed E-state index contributed by atoms with van der Waals surface area (Å²) in [6.07, 6.45) is 3.81. The van der Waals surface area contributed by atoms with Gasteiger partial charge >= 0.3 is 0 Å². The molecule has 0 spiro atoms. The molecule has 0 unspecified atom stereocenters. The molecule has 5 heteroatoms. The van der Waals surface area contributed by atoms with E-state index in [0.29, 0.717) is 0 Å². The monoisotopic (exact) mass is 246 g/mol. The lowest BCUT2D eigenvalue weighted by molar-refractivity contribution is 0.766. The van der Waals surface area contributed by atoms with E-state index in [9.17, 15) is 0 Å². The van der Waals surface area contributed by atoms with E-state index in [1.807, 2.05) is 44.6 Å². The van der Waals surface area contributed by atoms with E-state index in [-0.39, 0.29) is 5.84 Å². The molecule has 0 atom stereocenters. The summed E-state index contributed by atoms with van der Waals surface area (Å²) in [7, 11) is 1.90. The maximum atomic E-state index is 7.38. The molecule has 2 rings (SSSR count). The van der Waals surface area contributed by atoms with Crippen molar-refractivity contribution in [2.75, 3.05) is 0 Å². The Bertz CT molecular complexity index is 559. The first-order chi connectivity index (χ1) is 8.06. The van der Waals surface area contributed by atoms with Crippen LogP contribution in [0.25, 0.3) is 0 Å². The highest BCUT2D eigenvalue weighted by Gasteiger charge is 2.05. The van der Waals surface area contributed by atoms with Gasteiger partial charge in [0, 0.05) is 23.7 Å². The van der Waals surface area contributed by atoms with E-state index in [4.69, 9.17) is 11.1 Å². The summed E-state index contributed by atoms with van der Waals surface area (Å²) in [5.74, 6) is 0.103. The van der Waals surface area contributed by atoms with E-state index in [2.05, 4.69) is 5.10 Å². The number of benzene rings is 1. The number of nitrogens with one attached hydrogen (secondary N) is 1. The Morgan fingerprint density at radius 2 is 2.24 bits per heavy atom.